The van der Waals surface area contributed by atoms with Gasteiger partial charge < -0.3 is 0 Å². The molecule has 0 aliphatic rings. The highest BCUT2D eigenvalue weighted by molar-refractivity contribution is 9.10. The quantitative estimate of drug-likeness (QED) is 0.765. The summed E-state index contributed by atoms with van der Waals surface area (Å²) in [5.41, 5.74) is 1.46. The number of nitrogens with zero attached hydrogens (tertiary/aromatic N) is 2. The zero-order valence-electron chi connectivity index (χ0n) is 10.7. The first kappa shape index (κ1) is 14.2. The van der Waals surface area contributed by atoms with Crippen molar-refractivity contribution in [1.82, 2.24) is 15.0 Å². The fourth-order valence-corrected chi connectivity index (χ4v) is 3.47. The maximum Gasteiger partial charge on any atom is 0.243 e. The van der Waals surface area contributed by atoms with Gasteiger partial charge in [-0.25, -0.2) is 17.8 Å². The van der Waals surface area contributed by atoms with Gasteiger partial charge in [0.15, 0.2) is 5.52 Å². The Balaban J connectivity index is 1.91. The molecule has 0 aliphatic carbocycles. The fourth-order valence-electron chi connectivity index (χ4n) is 1.89. The van der Waals surface area contributed by atoms with E-state index in [1.165, 1.54) is 6.07 Å². The smallest absolute Gasteiger partial charge is 0.243 e. The highest BCUT2D eigenvalue weighted by atomic mass is 79.9. The molecule has 3 aromatic rings. The molecule has 6 nitrogen and oxygen atoms in total. The van der Waals surface area contributed by atoms with Crippen LogP contribution in [0.4, 0.5) is 0 Å². The highest BCUT2D eigenvalue weighted by Crippen LogP contribution is 2.21. The maximum absolute atomic E-state index is 12.4. The maximum atomic E-state index is 12.4. The molecule has 0 spiro atoms. The topological polar surface area (TPSA) is 85.1 Å². The lowest BCUT2D eigenvalue weighted by molar-refractivity contribution is 0.315. The molecule has 0 bridgehead atoms. The van der Waals surface area contributed by atoms with Crippen LogP contribution in [0.1, 0.15) is 5.56 Å². The molecular formula is C13H10BrN3O3S. The summed E-state index contributed by atoms with van der Waals surface area (Å²) in [6.07, 6.45) is 0. The van der Waals surface area contributed by atoms with E-state index in [2.05, 4.69) is 35.6 Å². The van der Waals surface area contributed by atoms with Crippen molar-refractivity contribution in [2.75, 3.05) is 0 Å². The van der Waals surface area contributed by atoms with Crippen LogP contribution in [0, 0.1) is 0 Å². The summed E-state index contributed by atoms with van der Waals surface area (Å²) < 4.78 is 32.8. The van der Waals surface area contributed by atoms with Crippen molar-refractivity contribution in [2.24, 2.45) is 0 Å². The minimum Gasteiger partial charge on any atom is -0.243 e. The third kappa shape index (κ3) is 2.82. The molecule has 8 heteroatoms. The number of fused-ring (bicyclic) bond motifs is 1. The number of nitrogens with one attached hydrogen (secondary N) is 1. The second-order valence-electron chi connectivity index (χ2n) is 4.30. The van der Waals surface area contributed by atoms with Crippen LogP contribution in [0.2, 0.25) is 0 Å². The first-order valence-electron chi connectivity index (χ1n) is 6.02. The summed E-state index contributed by atoms with van der Waals surface area (Å²) in [5, 5.41) is 7.28. The Morgan fingerprint density at radius 1 is 1.10 bits per heavy atom. The zero-order valence-corrected chi connectivity index (χ0v) is 13.1. The summed E-state index contributed by atoms with van der Waals surface area (Å²) >= 11 is 3.38. The lowest BCUT2D eigenvalue weighted by Gasteiger charge is -2.08. The fraction of sp³-hybridized carbons (Fsp3) is 0.0769. The Bertz CT molecular complexity index is 892. The lowest BCUT2D eigenvalue weighted by atomic mass is 10.2. The van der Waals surface area contributed by atoms with E-state index in [0.717, 1.165) is 10.0 Å². The van der Waals surface area contributed by atoms with Gasteiger partial charge in [-0.05, 0) is 34.1 Å². The molecule has 0 aliphatic heterocycles. The van der Waals surface area contributed by atoms with Gasteiger partial charge in [-0.3, -0.25) is 0 Å². The SMILES string of the molecule is O=S(=O)(NCc1ccccc1Br)c1cccc2nonc12. The van der Waals surface area contributed by atoms with Crippen LogP contribution >= 0.6 is 15.9 Å². The minimum absolute atomic E-state index is 0.0494. The summed E-state index contributed by atoms with van der Waals surface area (Å²) in [4.78, 5) is 0.0494. The van der Waals surface area contributed by atoms with Crippen molar-refractivity contribution in [2.45, 2.75) is 11.4 Å². The summed E-state index contributed by atoms with van der Waals surface area (Å²) in [6, 6.07) is 12.1. The number of hydrogen-bond donors (Lipinski definition) is 1. The van der Waals surface area contributed by atoms with E-state index in [1.807, 2.05) is 24.3 Å². The van der Waals surface area contributed by atoms with Crippen molar-refractivity contribution in [3.05, 3.63) is 52.5 Å². The van der Waals surface area contributed by atoms with Crippen LogP contribution in [0.3, 0.4) is 0 Å². The number of rotatable bonds is 4. The molecule has 1 N–H and O–H groups in total. The number of sulfonamides is 1. The Morgan fingerprint density at radius 3 is 2.71 bits per heavy atom. The second-order valence-corrected chi connectivity index (χ2v) is 6.89. The largest absolute Gasteiger partial charge is 0.243 e. The van der Waals surface area contributed by atoms with Crippen molar-refractivity contribution in [1.29, 1.82) is 0 Å². The third-order valence-electron chi connectivity index (χ3n) is 2.95. The molecule has 0 amide bonds. The van der Waals surface area contributed by atoms with Crippen LogP contribution in [-0.4, -0.2) is 18.7 Å². The van der Waals surface area contributed by atoms with Crippen LogP contribution < -0.4 is 4.72 Å². The van der Waals surface area contributed by atoms with Gasteiger partial charge >= 0.3 is 0 Å². The van der Waals surface area contributed by atoms with E-state index in [9.17, 15) is 8.42 Å². The summed E-state index contributed by atoms with van der Waals surface area (Å²) in [7, 11) is -3.71. The predicted molar refractivity (Wildman–Crippen MR) is 80.0 cm³/mol. The van der Waals surface area contributed by atoms with Gasteiger partial charge in [0, 0.05) is 11.0 Å². The summed E-state index contributed by atoms with van der Waals surface area (Å²) in [6.45, 7) is 0.172. The van der Waals surface area contributed by atoms with Gasteiger partial charge in [-0.1, -0.05) is 40.2 Å². The van der Waals surface area contributed by atoms with Crippen LogP contribution in [0.15, 0.2) is 56.5 Å². The number of halogens is 1. The van der Waals surface area contributed by atoms with Gasteiger partial charge in [-0.15, -0.1) is 0 Å². The molecule has 21 heavy (non-hydrogen) atoms. The standard InChI is InChI=1S/C13H10BrN3O3S/c14-10-5-2-1-4-9(10)8-15-21(18,19)12-7-3-6-11-13(12)17-20-16-11/h1-7,15H,8H2. The normalized spacial score (nSPS) is 11.9. The molecular weight excluding hydrogens is 358 g/mol. The molecule has 1 aromatic heterocycles. The highest BCUT2D eigenvalue weighted by Gasteiger charge is 2.20. The first-order valence-corrected chi connectivity index (χ1v) is 8.30. The minimum atomic E-state index is -3.71. The monoisotopic (exact) mass is 367 g/mol. The Kier molecular flexibility index (Phi) is 3.75. The summed E-state index contributed by atoms with van der Waals surface area (Å²) in [5.74, 6) is 0. The molecule has 0 saturated heterocycles. The van der Waals surface area contributed by atoms with E-state index in [-0.39, 0.29) is 17.0 Å². The average molecular weight is 368 g/mol. The average Bonchev–Trinajstić information content (AvgIpc) is 2.94. The van der Waals surface area contributed by atoms with Gasteiger partial charge in [0.2, 0.25) is 10.0 Å². The lowest BCUT2D eigenvalue weighted by Crippen LogP contribution is -2.23. The van der Waals surface area contributed by atoms with Crippen molar-refractivity contribution in [3.63, 3.8) is 0 Å². The molecule has 0 radical (unpaired) electrons. The van der Waals surface area contributed by atoms with Crippen LogP contribution in [0.5, 0.6) is 0 Å². The van der Waals surface area contributed by atoms with Crippen molar-refractivity contribution in [3.8, 4) is 0 Å². The molecule has 2 aromatic carbocycles. The van der Waals surface area contributed by atoms with Crippen LogP contribution in [-0.2, 0) is 16.6 Å². The van der Waals surface area contributed by atoms with E-state index in [4.69, 9.17) is 0 Å². The number of aromatic nitrogens is 2. The predicted octanol–water partition coefficient (Wildman–Crippen LogP) is 2.46. The third-order valence-corrected chi connectivity index (χ3v) is 5.16. The second kappa shape index (κ2) is 5.55. The Hall–Kier alpha value is -1.77. The number of hydrogen-bond acceptors (Lipinski definition) is 5. The Labute approximate surface area is 129 Å². The molecule has 1 heterocycles. The van der Waals surface area contributed by atoms with E-state index in [1.54, 1.807) is 12.1 Å². The molecule has 3 rings (SSSR count). The molecule has 0 saturated carbocycles. The number of benzene rings is 2. The molecule has 0 atom stereocenters. The first-order chi connectivity index (χ1) is 10.1. The van der Waals surface area contributed by atoms with Gasteiger partial charge in [0.05, 0.1) is 0 Å². The van der Waals surface area contributed by atoms with E-state index in [0.29, 0.717) is 5.52 Å². The van der Waals surface area contributed by atoms with Crippen LogP contribution in [0.25, 0.3) is 11.0 Å². The Morgan fingerprint density at radius 2 is 1.90 bits per heavy atom. The molecule has 0 unspecified atom stereocenters. The van der Waals surface area contributed by atoms with Gasteiger partial charge in [0.25, 0.3) is 0 Å². The zero-order chi connectivity index (χ0) is 14.9. The van der Waals surface area contributed by atoms with Gasteiger partial charge in [-0.2, -0.15) is 0 Å². The molecule has 108 valence electrons. The van der Waals surface area contributed by atoms with Crippen molar-refractivity contribution < 1.29 is 13.0 Å². The van der Waals surface area contributed by atoms with E-state index >= 15 is 0 Å². The molecule has 0 fully saturated rings. The van der Waals surface area contributed by atoms with Gasteiger partial charge in [0.1, 0.15) is 10.4 Å². The van der Waals surface area contributed by atoms with Crippen molar-refractivity contribution >= 4 is 37.0 Å². The van der Waals surface area contributed by atoms with E-state index < -0.39 is 10.0 Å².